The third kappa shape index (κ3) is 4.20. The van der Waals surface area contributed by atoms with Crippen molar-refractivity contribution in [2.24, 2.45) is 0 Å². The van der Waals surface area contributed by atoms with Crippen LogP contribution in [0.3, 0.4) is 0 Å². The van der Waals surface area contributed by atoms with Crippen LogP contribution in [0.1, 0.15) is 21.5 Å². The number of pyridine rings is 1. The van der Waals surface area contributed by atoms with E-state index in [4.69, 9.17) is 11.6 Å². The fourth-order valence-corrected chi connectivity index (χ4v) is 2.04. The molecular weight excluding hydrogens is 286 g/mol. The Morgan fingerprint density at radius 2 is 1.90 bits per heavy atom. The molecule has 0 aliphatic rings. The summed E-state index contributed by atoms with van der Waals surface area (Å²) in [5.74, 6) is 0.492. The normalized spacial score (nSPS) is 10.3. The maximum absolute atomic E-state index is 12.2. The van der Waals surface area contributed by atoms with Gasteiger partial charge in [0.25, 0.3) is 5.91 Å². The first-order valence-electron chi connectivity index (χ1n) is 6.64. The largest absolute Gasteiger partial charge is 0.363 e. The lowest BCUT2D eigenvalue weighted by atomic mass is 10.1. The maximum atomic E-state index is 12.2. The number of amides is 1. The summed E-state index contributed by atoms with van der Waals surface area (Å²) in [5.41, 5.74) is 2.76. The fourth-order valence-electron chi connectivity index (χ4n) is 1.83. The van der Waals surface area contributed by atoms with Crippen molar-refractivity contribution in [3.63, 3.8) is 0 Å². The number of anilines is 1. The second-order valence-electron chi connectivity index (χ2n) is 5.10. The number of nitrogens with zero attached hydrogens (tertiary/aromatic N) is 2. The molecule has 0 fully saturated rings. The van der Waals surface area contributed by atoms with E-state index in [0.29, 0.717) is 23.1 Å². The zero-order valence-corrected chi connectivity index (χ0v) is 13.1. The van der Waals surface area contributed by atoms with Gasteiger partial charge in [0.2, 0.25) is 0 Å². The quantitative estimate of drug-likeness (QED) is 0.883. The number of hydrogen-bond acceptors (Lipinski definition) is 3. The molecule has 1 aromatic carbocycles. The minimum Gasteiger partial charge on any atom is -0.363 e. The van der Waals surface area contributed by atoms with Crippen molar-refractivity contribution in [3.05, 3.63) is 58.2 Å². The molecule has 0 unspecified atom stereocenters. The topological polar surface area (TPSA) is 45.2 Å². The van der Waals surface area contributed by atoms with E-state index in [-0.39, 0.29) is 5.91 Å². The molecule has 0 spiro atoms. The average Bonchev–Trinajstić information content (AvgIpc) is 2.45. The molecule has 1 aromatic heterocycles. The number of benzene rings is 1. The highest BCUT2D eigenvalue weighted by atomic mass is 35.5. The van der Waals surface area contributed by atoms with E-state index in [1.54, 1.807) is 12.1 Å². The molecule has 0 atom stereocenters. The second-order valence-corrected chi connectivity index (χ2v) is 5.49. The molecule has 0 bridgehead atoms. The molecule has 0 radical (unpaired) electrons. The van der Waals surface area contributed by atoms with Gasteiger partial charge < -0.3 is 10.2 Å². The number of nitrogens with one attached hydrogen (secondary N) is 1. The number of aromatic nitrogens is 1. The van der Waals surface area contributed by atoms with Crippen LogP contribution in [-0.2, 0) is 6.54 Å². The van der Waals surface area contributed by atoms with Gasteiger partial charge in [0.05, 0.1) is 0 Å². The first-order chi connectivity index (χ1) is 9.95. The van der Waals surface area contributed by atoms with Gasteiger partial charge in [0, 0.05) is 26.2 Å². The molecule has 0 aliphatic heterocycles. The maximum Gasteiger partial charge on any atom is 0.251 e. The summed E-state index contributed by atoms with van der Waals surface area (Å²) in [5, 5.41) is 3.19. The zero-order valence-electron chi connectivity index (χ0n) is 12.4. The molecule has 110 valence electrons. The van der Waals surface area contributed by atoms with Crippen LogP contribution < -0.4 is 10.2 Å². The SMILES string of the molecule is Cc1ccc(CNC(=O)c2cc(Cl)nc(N(C)C)c2)cc1. The van der Waals surface area contributed by atoms with Crippen molar-refractivity contribution in [1.29, 1.82) is 0 Å². The van der Waals surface area contributed by atoms with Crippen LogP contribution >= 0.6 is 11.6 Å². The van der Waals surface area contributed by atoms with Crippen molar-refractivity contribution < 1.29 is 4.79 Å². The average molecular weight is 304 g/mol. The monoisotopic (exact) mass is 303 g/mol. The van der Waals surface area contributed by atoms with E-state index in [0.717, 1.165) is 5.56 Å². The van der Waals surface area contributed by atoms with E-state index in [1.807, 2.05) is 50.2 Å². The zero-order chi connectivity index (χ0) is 15.4. The van der Waals surface area contributed by atoms with E-state index in [9.17, 15) is 4.79 Å². The van der Waals surface area contributed by atoms with Gasteiger partial charge in [0.15, 0.2) is 0 Å². The van der Waals surface area contributed by atoms with Crippen molar-refractivity contribution >= 4 is 23.3 Å². The summed E-state index contributed by atoms with van der Waals surface area (Å²) in [7, 11) is 3.71. The van der Waals surface area contributed by atoms with Crippen molar-refractivity contribution in [1.82, 2.24) is 10.3 Å². The third-order valence-electron chi connectivity index (χ3n) is 3.07. The van der Waals surface area contributed by atoms with Gasteiger partial charge in [-0.3, -0.25) is 4.79 Å². The summed E-state index contributed by atoms with van der Waals surface area (Å²) in [6.07, 6.45) is 0. The molecule has 1 N–H and O–H groups in total. The Kier molecular flexibility index (Phi) is 4.81. The van der Waals surface area contributed by atoms with E-state index in [1.165, 1.54) is 5.56 Å². The second kappa shape index (κ2) is 6.59. The summed E-state index contributed by atoms with van der Waals surface area (Å²) >= 11 is 5.95. The van der Waals surface area contributed by atoms with Crippen LogP contribution in [0.5, 0.6) is 0 Å². The van der Waals surface area contributed by atoms with Gasteiger partial charge in [-0.15, -0.1) is 0 Å². The number of hydrogen-bond donors (Lipinski definition) is 1. The highest BCUT2D eigenvalue weighted by Gasteiger charge is 2.10. The number of rotatable bonds is 4. The minimum atomic E-state index is -0.164. The number of carbonyl (C=O) groups is 1. The van der Waals surface area contributed by atoms with Gasteiger partial charge in [-0.25, -0.2) is 4.98 Å². The Morgan fingerprint density at radius 3 is 2.52 bits per heavy atom. The number of halogens is 1. The van der Waals surface area contributed by atoms with Crippen molar-refractivity contribution in [2.45, 2.75) is 13.5 Å². The summed E-state index contributed by atoms with van der Waals surface area (Å²) in [6, 6.07) is 11.3. The molecule has 5 heteroatoms. The third-order valence-corrected chi connectivity index (χ3v) is 3.27. The lowest BCUT2D eigenvalue weighted by molar-refractivity contribution is 0.0951. The molecule has 4 nitrogen and oxygen atoms in total. The number of carbonyl (C=O) groups excluding carboxylic acids is 1. The smallest absolute Gasteiger partial charge is 0.251 e. The Hall–Kier alpha value is -2.07. The molecule has 1 heterocycles. The minimum absolute atomic E-state index is 0.164. The summed E-state index contributed by atoms with van der Waals surface area (Å²) in [4.78, 5) is 18.2. The van der Waals surface area contributed by atoms with Gasteiger partial charge in [-0.2, -0.15) is 0 Å². The Morgan fingerprint density at radius 1 is 1.24 bits per heavy atom. The van der Waals surface area contributed by atoms with Crippen LogP contribution in [-0.4, -0.2) is 25.0 Å². The molecule has 0 aliphatic carbocycles. The van der Waals surface area contributed by atoms with Gasteiger partial charge >= 0.3 is 0 Å². The highest BCUT2D eigenvalue weighted by molar-refractivity contribution is 6.29. The predicted molar refractivity (Wildman–Crippen MR) is 85.9 cm³/mol. The molecular formula is C16H18ClN3O. The lowest BCUT2D eigenvalue weighted by Gasteiger charge is -2.13. The molecule has 2 aromatic rings. The molecule has 0 saturated carbocycles. The van der Waals surface area contributed by atoms with Gasteiger partial charge in [-0.05, 0) is 24.6 Å². The van der Waals surface area contributed by atoms with Crippen molar-refractivity contribution in [3.8, 4) is 0 Å². The van der Waals surface area contributed by atoms with Crippen molar-refractivity contribution in [2.75, 3.05) is 19.0 Å². The van der Waals surface area contributed by atoms with Crippen LogP contribution in [0.2, 0.25) is 5.15 Å². The Labute approximate surface area is 129 Å². The van der Waals surface area contributed by atoms with E-state index in [2.05, 4.69) is 10.3 Å². The highest BCUT2D eigenvalue weighted by Crippen LogP contribution is 2.16. The Balaban J connectivity index is 2.08. The van der Waals surface area contributed by atoms with Gasteiger partial charge in [0.1, 0.15) is 11.0 Å². The first kappa shape index (κ1) is 15.3. The standard InChI is InChI=1S/C16H18ClN3O/c1-11-4-6-12(7-5-11)10-18-16(21)13-8-14(17)19-15(9-13)20(2)3/h4-9H,10H2,1-3H3,(H,18,21). The van der Waals surface area contributed by atoms with E-state index < -0.39 is 0 Å². The molecule has 2 rings (SSSR count). The first-order valence-corrected chi connectivity index (χ1v) is 7.02. The number of aryl methyl sites for hydroxylation is 1. The fraction of sp³-hybridized carbons (Fsp3) is 0.250. The van der Waals surface area contributed by atoms with Crippen LogP contribution in [0.15, 0.2) is 36.4 Å². The molecule has 0 saturated heterocycles. The Bertz CT molecular complexity index is 638. The van der Waals surface area contributed by atoms with Crippen LogP contribution in [0, 0.1) is 6.92 Å². The predicted octanol–water partition coefficient (Wildman–Crippen LogP) is 3.04. The molecule has 1 amide bonds. The summed E-state index contributed by atoms with van der Waals surface area (Å²) < 4.78 is 0. The van der Waals surface area contributed by atoms with E-state index >= 15 is 0 Å². The van der Waals surface area contributed by atoms with Crippen LogP contribution in [0.4, 0.5) is 5.82 Å². The summed E-state index contributed by atoms with van der Waals surface area (Å²) in [6.45, 7) is 2.51. The van der Waals surface area contributed by atoms with Gasteiger partial charge in [-0.1, -0.05) is 41.4 Å². The molecule has 21 heavy (non-hydrogen) atoms. The van der Waals surface area contributed by atoms with Crippen LogP contribution in [0.25, 0.3) is 0 Å². The lowest BCUT2D eigenvalue weighted by Crippen LogP contribution is -2.23.